The molecule has 0 unspecified atom stereocenters. The van der Waals surface area contributed by atoms with Crippen molar-refractivity contribution < 1.29 is 4.79 Å². The highest BCUT2D eigenvalue weighted by molar-refractivity contribution is 5.94. The summed E-state index contributed by atoms with van der Waals surface area (Å²) in [5.74, 6) is 0.233. The van der Waals surface area contributed by atoms with E-state index in [-0.39, 0.29) is 5.91 Å². The van der Waals surface area contributed by atoms with Crippen molar-refractivity contribution in [1.82, 2.24) is 5.32 Å². The molecule has 3 rings (SSSR count). The third-order valence-corrected chi connectivity index (χ3v) is 4.12. The molecule has 0 radical (unpaired) electrons. The van der Waals surface area contributed by atoms with Crippen LogP contribution in [0.1, 0.15) is 18.4 Å². The van der Waals surface area contributed by atoms with Gasteiger partial charge in [-0.3, -0.25) is 4.79 Å². The number of nitrogens with one attached hydrogen (secondary N) is 1. The van der Waals surface area contributed by atoms with Crippen LogP contribution < -0.4 is 15.1 Å². The van der Waals surface area contributed by atoms with E-state index in [1.165, 1.54) is 11.3 Å². The Morgan fingerprint density at radius 3 is 2.74 bits per heavy atom. The minimum absolute atomic E-state index is 0.233. The summed E-state index contributed by atoms with van der Waals surface area (Å²) in [5.41, 5.74) is 3.63. The van der Waals surface area contributed by atoms with Gasteiger partial charge in [-0.15, -0.1) is 0 Å². The Morgan fingerprint density at radius 2 is 1.95 bits per heavy atom. The molecule has 19 heavy (non-hydrogen) atoms. The number of aryl methyl sites for hydroxylation is 1. The first-order chi connectivity index (χ1) is 9.25. The molecule has 2 heterocycles. The molecule has 4 nitrogen and oxygen atoms in total. The van der Waals surface area contributed by atoms with Crippen LogP contribution in [-0.2, 0) is 11.2 Å². The smallest absolute Gasteiger partial charge is 0.226 e. The number of nitrogens with zero attached hydrogens (tertiary/aromatic N) is 2. The largest absolute Gasteiger partial charge is 0.369 e. The van der Waals surface area contributed by atoms with E-state index in [4.69, 9.17) is 0 Å². The van der Waals surface area contributed by atoms with Gasteiger partial charge in [0.1, 0.15) is 0 Å². The fourth-order valence-corrected chi connectivity index (χ4v) is 2.93. The van der Waals surface area contributed by atoms with Crippen molar-refractivity contribution in [2.75, 3.05) is 43.0 Å². The molecule has 0 saturated carbocycles. The number of fused-ring (bicyclic) bond motifs is 1. The summed E-state index contributed by atoms with van der Waals surface area (Å²) in [6.07, 6.45) is 2.63. The standard InChI is InChI=1S/C15H21N3O/c1-17-14-11-13(18-9-7-16-8-10-18)6-5-12(14)3-2-4-15(17)19/h5-6,11,16H,2-4,7-10H2,1H3. The first-order valence-electron chi connectivity index (χ1n) is 7.11. The van der Waals surface area contributed by atoms with Gasteiger partial charge in [0.2, 0.25) is 5.91 Å². The van der Waals surface area contributed by atoms with Crippen molar-refractivity contribution in [3.05, 3.63) is 23.8 Å². The second kappa shape index (κ2) is 5.21. The fourth-order valence-electron chi connectivity index (χ4n) is 2.93. The molecule has 1 N–H and O–H groups in total. The van der Waals surface area contributed by atoms with E-state index < -0.39 is 0 Å². The number of amides is 1. The van der Waals surface area contributed by atoms with Crippen LogP contribution in [-0.4, -0.2) is 39.1 Å². The molecule has 0 aliphatic carbocycles. The highest BCUT2D eigenvalue weighted by Gasteiger charge is 2.20. The lowest BCUT2D eigenvalue weighted by Gasteiger charge is -2.30. The summed E-state index contributed by atoms with van der Waals surface area (Å²) in [5, 5.41) is 3.37. The number of benzene rings is 1. The molecule has 1 amide bonds. The average Bonchev–Trinajstić information content (AvgIpc) is 2.60. The Bertz CT molecular complexity index is 480. The maximum absolute atomic E-state index is 12.0. The number of carbonyl (C=O) groups is 1. The summed E-state index contributed by atoms with van der Waals surface area (Å²) >= 11 is 0. The maximum Gasteiger partial charge on any atom is 0.226 e. The number of hydrogen-bond donors (Lipinski definition) is 1. The zero-order chi connectivity index (χ0) is 13.2. The average molecular weight is 259 g/mol. The van der Waals surface area contributed by atoms with Gasteiger partial charge in [0.25, 0.3) is 0 Å². The SMILES string of the molecule is CN1C(=O)CCCc2ccc(N3CCNCC3)cc21. The first kappa shape index (κ1) is 12.5. The van der Waals surface area contributed by atoms with E-state index in [0.29, 0.717) is 6.42 Å². The van der Waals surface area contributed by atoms with Crippen molar-refractivity contribution in [2.24, 2.45) is 0 Å². The summed E-state index contributed by atoms with van der Waals surface area (Å²) < 4.78 is 0. The minimum Gasteiger partial charge on any atom is -0.369 e. The van der Waals surface area contributed by atoms with Crippen molar-refractivity contribution in [2.45, 2.75) is 19.3 Å². The van der Waals surface area contributed by atoms with Crippen molar-refractivity contribution in [1.29, 1.82) is 0 Å². The molecule has 1 saturated heterocycles. The van der Waals surface area contributed by atoms with Crippen LogP contribution in [0, 0.1) is 0 Å². The van der Waals surface area contributed by atoms with Gasteiger partial charge in [0, 0.05) is 51.0 Å². The van der Waals surface area contributed by atoms with Gasteiger partial charge in [0.15, 0.2) is 0 Å². The van der Waals surface area contributed by atoms with Crippen LogP contribution >= 0.6 is 0 Å². The van der Waals surface area contributed by atoms with Gasteiger partial charge in [-0.1, -0.05) is 6.07 Å². The Balaban J connectivity index is 1.92. The van der Waals surface area contributed by atoms with Gasteiger partial charge in [-0.25, -0.2) is 0 Å². The molecule has 2 aliphatic heterocycles. The predicted octanol–water partition coefficient (Wildman–Crippen LogP) is 1.40. The van der Waals surface area contributed by atoms with Gasteiger partial charge >= 0.3 is 0 Å². The Labute approximate surface area is 114 Å². The normalized spacial score (nSPS) is 20.2. The Morgan fingerprint density at radius 1 is 1.16 bits per heavy atom. The second-order valence-electron chi connectivity index (χ2n) is 5.36. The number of hydrogen-bond acceptors (Lipinski definition) is 3. The maximum atomic E-state index is 12.0. The monoisotopic (exact) mass is 259 g/mol. The van der Waals surface area contributed by atoms with E-state index in [0.717, 1.165) is 44.7 Å². The lowest BCUT2D eigenvalue weighted by Crippen LogP contribution is -2.43. The number of carbonyl (C=O) groups excluding carboxylic acids is 1. The lowest BCUT2D eigenvalue weighted by molar-refractivity contribution is -0.118. The predicted molar refractivity (Wildman–Crippen MR) is 77.9 cm³/mol. The van der Waals surface area contributed by atoms with E-state index in [1.54, 1.807) is 0 Å². The van der Waals surface area contributed by atoms with Gasteiger partial charge in [-0.05, 0) is 30.5 Å². The van der Waals surface area contributed by atoms with Crippen molar-refractivity contribution in [3.63, 3.8) is 0 Å². The highest BCUT2D eigenvalue weighted by Crippen LogP contribution is 2.30. The summed E-state index contributed by atoms with van der Waals surface area (Å²) in [7, 11) is 1.90. The van der Waals surface area contributed by atoms with E-state index in [1.807, 2.05) is 11.9 Å². The molecule has 0 bridgehead atoms. The Kier molecular flexibility index (Phi) is 3.42. The molecular weight excluding hydrogens is 238 g/mol. The third-order valence-electron chi connectivity index (χ3n) is 4.12. The Hall–Kier alpha value is -1.55. The van der Waals surface area contributed by atoms with E-state index in [2.05, 4.69) is 28.4 Å². The zero-order valence-electron chi connectivity index (χ0n) is 11.5. The number of rotatable bonds is 1. The van der Waals surface area contributed by atoms with Crippen LogP contribution in [0.3, 0.4) is 0 Å². The molecule has 1 aromatic rings. The highest BCUT2D eigenvalue weighted by atomic mass is 16.2. The van der Waals surface area contributed by atoms with Gasteiger partial charge in [-0.2, -0.15) is 0 Å². The third kappa shape index (κ3) is 2.45. The summed E-state index contributed by atoms with van der Waals surface area (Å²) in [4.78, 5) is 16.2. The number of piperazine rings is 1. The molecule has 0 atom stereocenters. The molecule has 1 aromatic carbocycles. The van der Waals surface area contributed by atoms with Crippen molar-refractivity contribution >= 4 is 17.3 Å². The lowest BCUT2D eigenvalue weighted by atomic mass is 10.1. The molecule has 4 heteroatoms. The molecule has 1 fully saturated rings. The van der Waals surface area contributed by atoms with Crippen LogP contribution in [0.15, 0.2) is 18.2 Å². The quantitative estimate of drug-likeness (QED) is 0.828. The van der Waals surface area contributed by atoms with E-state index in [9.17, 15) is 4.79 Å². The van der Waals surface area contributed by atoms with Gasteiger partial charge in [0.05, 0.1) is 0 Å². The van der Waals surface area contributed by atoms with Crippen LogP contribution in [0.5, 0.6) is 0 Å². The molecular formula is C15H21N3O. The minimum atomic E-state index is 0.233. The zero-order valence-corrected chi connectivity index (χ0v) is 11.5. The first-order valence-corrected chi connectivity index (χ1v) is 7.11. The molecule has 102 valence electrons. The molecule has 0 spiro atoms. The fraction of sp³-hybridized carbons (Fsp3) is 0.533. The van der Waals surface area contributed by atoms with Crippen molar-refractivity contribution in [3.8, 4) is 0 Å². The summed E-state index contributed by atoms with van der Waals surface area (Å²) in [6.45, 7) is 4.14. The van der Waals surface area contributed by atoms with Crippen LogP contribution in [0.4, 0.5) is 11.4 Å². The molecule has 0 aromatic heterocycles. The summed E-state index contributed by atoms with van der Waals surface area (Å²) in [6, 6.07) is 6.58. The number of anilines is 2. The van der Waals surface area contributed by atoms with Gasteiger partial charge < -0.3 is 15.1 Å². The molecule has 2 aliphatic rings. The van der Waals surface area contributed by atoms with Crippen LogP contribution in [0.2, 0.25) is 0 Å². The van der Waals surface area contributed by atoms with Crippen LogP contribution in [0.25, 0.3) is 0 Å². The second-order valence-corrected chi connectivity index (χ2v) is 5.36. The van der Waals surface area contributed by atoms with E-state index >= 15 is 0 Å². The topological polar surface area (TPSA) is 35.6 Å².